The van der Waals surface area contributed by atoms with E-state index in [1.807, 2.05) is 18.2 Å². The maximum atomic E-state index is 12.1. The fraction of sp³-hybridized carbons (Fsp3) is 0.481. The van der Waals surface area contributed by atoms with Gasteiger partial charge in [-0.05, 0) is 81.6 Å². The molecular weight excluding hydrogens is 400 g/mol. The van der Waals surface area contributed by atoms with Crippen LogP contribution in [-0.2, 0) is 22.4 Å². The standard InChI is InChI=1S/C27H34N2O3/c1-18-7-5-6-8-23(18)27(30)13-12-26(16-19(27)17-29(2)3)25-21(11-14-32-26)22-15-20(31-4)9-10-24(22)28-25/h5-10,15,19,28,30H,11-14,16-17H2,1-4H3. The average Bonchev–Trinajstić information content (AvgIpc) is 3.16. The molecule has 0 radical (unpaired) electrons. The summed E-state index contributed by atoms with van der Waals surface area (Å²) in [5, 5.41) is 13.3. The highest BCUT2D eigenvalue weighted by Gasteiger charge is 2.53. The molecule has 1 spiro atoms. The van der Waals surface area contributed by atoms with Gasteiger partial charge in [0, 0.05) is 23.4 Å². The van der Waals surface area contributed by atoms with E-state index in [1.54, 1.807) is 7.11 Å². The molecule has 170 valence electrons. The lowest BCUT2D eigenvalue weighted by molar-refractivity contribution is -0.166. The number of fused-ring (bicyclic) bond motifs is 4. The molecule has 0 saturated heterocycles. The van der Waals surface area contributed by atoms with Crippen LogP contribution < -0.4 is 4.74 Å². The first-order chi connectivity index (χ1) is 15.4. The molecule has 1 aromatic heterocycles. The molecule has 5 heteroatoms. The number of H-pyrrole nitrogens is 1. The third kappa shape index (κ3) is 3.35. The van der Waals surface area contributed by atoms with E-state index < -0.39 is 11.2 Å². The Kier molecular flexibility index (Phi) is 5.31. The number of nitrogens with zero attached hydrogens (tertiary/aromatic N) is 1. The van der Waals surface area contributed by atoms with Gasteiger partial charge < -0.3 is 24.5 Å². The van der Waals surface area contributed by atoms with Crippen LogP contribution in [0.1, 0.15) is 41.6 Å². The molecule has 1 aliphatic carbocycles. The Hall–Kier alpha value is -2.34. The Labute approximate surface area is 190 Å². The first-order valence-corrected chi connectivity index (χ1v) is 11.6. The number of hydrogen-bond acceptors (Lipinski definition) is 4. The Morgan fingerprint density at radius 2 is 2.00 bits per heavy atom. The van der Waals surface area contributed by atoms with Crippen molar-refractivity contribution in [2.24, 2.45) is 5.92 Å². The van der Waals surface area contributed by atoms with Gasteiger partial charge in [-0.25, -0.2) is 0 Å². The summed E-state index contributed by atoms with van der Waals surface area (Å²) in [6, 6.07) is 14.5. The Morgan fingerprint density at radius 1 is 1.19 bits per heavy atom. The van der Waals surface area contributed by atoms with Crippen molar-refractivity contribution in [3.63, 3.8) is 0 Å². The van der Waals surface area contributed by atoms with Crippen LogP contribution >= 0.6 is 0 Å². The lowest BCUT2D eigenvalue weighted by atomic mass is 9.63. The molecule has 2 aromatic carbocycles. The van der Waals surface area contributed by atoms with E-state index in [9.17, 15) is 5.11 Å². The maximum Gasteiger partial charge on any atom is 0.119 e. The molecule has 0 amide bonds. The first kappa shape index (κ1) is 21.5. The molecule has 5 nitrogen and oxygen atoms in total. The van der Waals surface area contributed by atoms with Crippen LogP contribution in [0, 0.1) is 12.8 Å². The summed E-state index contributed by atoms with van der Waals surface area (Å²) in [6.45, 7) is 3.61. The van der Waals surface area contributed by atoms with Gasteiger partial charge in [0.05, 0.1) is 25.0 Å². The number of aliphatic hydroxyl groups is 1. The quantitative estimate of drug-likeness (QED) is 0.635. The van der Waals surface area contributed by atoms with E-state index in [-0.39, 0.29) is 5.92 Å². The van der Waals surface area contributed by atoms with Gasteiger partial charge in [0.2, 0.25) is 0 Å². The molecular formula is C27H34N2O3. The molecule has 1 aliphatic heterocycles. The van der Waals surface area contributed by atoms with E-state index in [2.05, 4.69) is 55.2 Å². The van der Waals surface area contributed by atoms with Crippen LogP contribution in [0.4, 0.5) is 0 Å². The highest BCUT2D eigenvalue weighted by Crippen LogP contribution is 2.54. The summed E-state index contributed by atoms with van der Waals surface area (Å²) < 4.78 is 12.1. The van der Waals surface area contributed by atoms with Gasteiger partial charge in [0.15, 0.2) is 0 Å². The molecule has 32 heavy (non-hydrogen) atoms. The molecule has 1 saturated carbocycles. The lowest BCUT2D eigenvalue weighted by Crippen LogP contribution is -2.52. The summed E-state index contributed by atoms with van der Waals surface area (Å²) in [5.41, 5.74) is 4.62. The molecule has 5 rings (SSSR count). The molecule has 3 aromatic rings. The molecule has 2 N–H and O–H groups in total. The number of rotatable bonds is 4. The normalized spacial score (nSPS) is 27.8. The summed E-state index contributed by atoms with van der Waals surface area (Å²) in [5.74, 6) is 0.933. The number of aryl methyl sites for hydroxylation is 1. The predicted octanol–water partition coefficient (Wildman–Crippen LogP) is 4.50. The molecule has 3 unspecified atom stereocenters. The van der Waals surface area contributed by atoms with Gasteiger partial charge >= 0.3 is 0 Å². The van der Waals surface area contributed by atoms with Crippen molar-refractivity contribution in [2.45, 2.75) is 43.8 Å². The topological polar surface area (TPSA) is 57.7 Å². The van der Waals surface area contributed by atoms with Gasteiger partial charge in [-0.3, -0.25) is 0 Å². The smallest absolute Gasteiger partial charge is 0.119 e. The van der Waals surface area contributed by atoms with Crippen LogP contribution in [0.2, 0.25) is 0 Å². The van der Waals surface area contributed by atoms with Crippen molar-refractivity contribution >= 4 is 10.9 Å². The van der Waals surface area contributed by atoms with E-state index >= 15 is 0 Å². The third-order valence-electron chi connectivity index (χ3n) is 7.66. The lowest BCUT2D eigenvalue weighted by Gasteiger charge is -2.51. The molecule has 3 atom stereocenters. The summed E-state index contributed by atoms with van der Waals surface area (Å²) in [6.07, 6.45) is 3.14. The minimum absolute atomic E-state index is 0.0549. The van der Waals surface area contributed by atoms with E-state index in [1.165, 1.54) is 16.6 Å². The van der Waals surface area contributed by atoms with Crippen molar-refractivity contribution in [1.82, 2.24) is 9.88 Å². The second-order valence-corrected chi connectivity index (χ2v) is 9.89. The zero-order chi connectivity index (χ0) is 22.5. The molecule has 1 fully saturated rings. The Morgan fingerprint density at radius 3 is 2.75 bits per heavy atom. The second kappa shape index (κ2) is 7.91. The maximum absolute atomic E-state index is 12.1. The number of aromatic amines is 1. The van der Waals surface area contributed by atoms with Gasteiger partial charge in [-0.2, -0.15) is 0 Å². The minimum Gasteiger partial charge on any atom is -0.497 e. The summed E-state index contributed by atoms with van der Waals surface area (Å²) in [7, 11) is 5.88. The van der Waals surface area contributed by atoms with Crippen molar-refractivity contribution in [3.8, 4) is 5.75 Å². The van der Waals surface area contributed by atoms with Gasteiger partial charge in [0.1, 0.15) is 11.4 Å². The van der Waals surface area contributed by atoms with Crippen LogP contribution in [0.5, 0.6) is 5.75 Å². The van der Waals surface area contributed by atoms with Crippen molar-refractivity contribution < 1.29 is 14.6 Å². The third-order valence-corrected chi connectivity index (χ3v) is 7.66. The zero-order valence-electron chi connectivity index (χ0n) is 19.6. The van der Waals surface area contributed by atoms with E-state index in [4.69, 9.17) is 9.47 Å². The van der Waals surface area contributed by atoms with Crippen molar-refractivity contribution in [2.75, 3.05) is 34.4 Å². The second-order valence-electron chi connectivity index (χ2n) is 9.89. The Bertz CT molecular complexity index is 1140. The Balaban J connectivity index is 1.59. The highest BCUT2D eigenvalue weighted by molar-refractivity contribution is 5.86. The number of aromatic nitrogens is 1. The zero-order valence-corrected chi connectivity index (χ0v) is 19.6. The van der Waals surface area contributed by atoms with Crippen LogP contribution in [0.15, 0.2) is 42.5 Å². The van der Waals surface area contributed by atoms with Gasteiger partial charge in [-0.15, -0.1) is 0 Å². The monoisotopic (exact) mass is 434 g/mol. The summed E-state index contributed by atoms with van der Waals surface area (Å²) >= 11 is 0. The van der Waals surface area contributed by atoms with Crippen molar-refractivity contribution in [3.05, 3.63) is 64.8 Å². The number of methoxy groups -OCH3 is 1. The molecule has 2 heterocycles. The van der Waals surface area contributed by atoms with Gasteiger partial charge in [-0.1, -0.05) is 24.3 Å². The number of benzene rings is 2. The van der Waals surface area contributed by atoms with Crippen LogP contribution in [0.25, 0.3) is 10.9 Å². The molecule has 2 aliphatic rings. The first-order valence-electron chi connectivity index (χ1n) is 11.6. The largest absolute Gasteiger partial charge is 0.497 e. The average molecular weight is 435 g/mol. The van der Waals surface area contributed by atoms with Crippen molar-refractivity contribution in [1.29, 1.82) is 0 Å². The SMILES string of the molecule is COc1ccc2[nH]c3c(c2c1)CCOC31CCC(O)(c2ccccc2C)C(CN(C)C)C1. The minimum atomic E-state index is -0.864. The highest BCUT2D eigenvalue weighted by atomic mass is 16.5. The number of nitrogens with one attached hydrogen (secondary N) is 1. The van der Waals surface area contributed by atoms with E-state index in [0.29, 0.717) is 13.0 Å². The van der Waals surface area contributed by atoms with Gasteiger partial charge in [0.25, 0.3) is 0 Å². The van der Waals surface area contributed by atoms with Crippen LogP contribution in [0.3, 0.4) is 0 Å². The molecule has 0 bridgehead atoms. The number of ether oxygens (including phenoxy) is 2. The fourth-order valence-corrected chi connectivity index (χ4v) is 6.12. The predicted molar refractivity (Wildman–Crippen MR) is 127 cm³/mol. The number of hydrogen-bond donors (Lipinski definition) is 2. The summed E-state index contributed by atoms with van der Waals surface area (Å²) in [4.78, 5) is 5.89. The van der Waals surface area contributed by atoms with E-state index in [0.717, 1.165) is 48.2 Å². The van der Waals surface area contributed by atoms with Crippen LogP contribution in [-0.4, -0.2) is 49.3 Å². The fourth-order valence-electron chi connectivity index (χ4n) is 6.12.